The molecule has 0 spiro atoms. The highest BCUT2D eigenvalue weighted by molar-refractivity contribution is 7.16. The van der Waals surface area contributed by atoms with E-state index in [9.17, 15) is 9.59 Å². The minimum Gasteiger partial charge on any atom is -0.496 e. The maximum atomic E-state index is 12.7. The molecule has 1 heterocycles. The molecule has 0 unspecified atom stereocenters. The molecule has 0 aliphatic carbocycles. The number of thiazole rings is 1. The largest absolute Gasteiger partial charge is 0.496 e. The molecular weight excluding hydrogens is 406 g/mol. The van der Waals surface area contributed by atoms with Crippen LogP contribution in [0, 0.1) is 0 Å². The maximum Gasteiger partial charge on any atom is 0.315 e. The zero-order valence-corrected chi connectivity index (χ0v) is 17.0. The second kappa shape index (κ2) is 8.07. The Morgan fingerprint density at radius 1 is 1.07 bits per heavy atom. The molecule has 1 aromatic heterocycles. The molecule has 0 saturated carbocycles. The summed E-state index contributed by atoms with van der Waals surface area (Å²) in [7, 11) is 1.64. The zero-order valence-electron chi connectivity index (χ0n) is 15.5. The number of ether oxygens (including phenoxy) is 1. The number of para-hydroxylation sites is 1. The van der Waals surface area contributed by atoms with Crippen molar-refractivity contribution in [3.05, 3.63) is 93.1 Å². The molecule has 29 heavy (non-hydrogen) atoms. The number of hydrogen-bond donors (Lipinski definition) is 0. The summed E-state index contributed by atoms with van der Waals surface area (Å²) in [5, 5.41) is 0.530. The van der Waals surface area contributed by atoms with E-state index >= 15 is 0 Å². The van der Waals surface area contributed by atoms with Gasteiger partial charge in [-0.2, -0.15) is 0 Å². The number of aromatic nitrogens is 1. The SMILES string of the molecule is COc1ccccc1-c1cccc(/C=C/C(=O)n2c(=O)sc3cc(Cl)ccc32)c1. The Labute approximate surface area is 176 Å². The molecule has 0 radical (unpaired) electrons. The fraction of sp³-hybridized carbons (Fsp3) is 0.0435. The van der Waals surface area contributed by atoms with Crippen LogP contribution in [-0.2, 0) is 0 Å². The molecule has 6 heteroatoms. The molecule has 4 nitrogen and oxygen atoms in total. The van der Waals surface area contributed by atoms with Crippen molar-refractivity contribution in [1.82, 2.24) is 4.57 Å². The fourth-order valence-electron chi connectivity index (χ4n) is 3.14. The average molecular weight is 422 g/mol. The van der Waals surface area contributed by atoms with Crippen LogP contribution in [0.1, 0.15) is 10.4 Å². The number of carbonyl (C=O) groups is 1. The van der Waals surface area contributed by atoms with Crippen LogP contribution in [0.5, 0.6) is 5.75 Å². The van der Waals surface area contributed by atoms with Gasteiger partial charge in [0.15, 0.2) is 0 Å². The van der Waals surface area contributed by atoms with Crippen LogP contribution in [0.15, 0.2) is 77.6 Å². The van der Waals surface area contributed by atoms with E-state index in [1.807, 2.05) is 48.5 Å². The number of nitrogens with zero attached hydrogens (tertiary/aromatic N) is 1. The van der Waals surface area contributed by atoms with Crippen LogP contribution in [-0.4, -0.2) is 17.6 Å². The lowest BCUT2D eigenvalue weighted by Gasteiger charge is -2.08. The highest BCUT2D eigenvalue weighted by atomic mass is 35.5. The third kappa shape index (κ3) is 3.88. The molecule has 144 valence electrons. The van der Waals surface area contributed by atoms with Crippen LogP contribution in [0.3, 0.4) is 0 Å². The van der Waals surface area contributed by atoms with E-state index in [1.165, 1.54) is 6.08 Å². The lowest BCUT2D eigenvalue weighted by Crippen LogP contribution is -2.19. The van der Waals surface area contributed by atoms with Crippen molar-refractivity contribution in [2.75, 3.05) is 7.11 Å². The van der Waals surface area contributed by atoms with Gasteiger partial charge in [-0.3, -0.25) is 9.59 Å². The maximum absolute atomic E-state index is 12.7. The molecular formula is C23H16ClNO3S. The van der Waals surface area contributed by atoms with Crippen LogP contribution in [0.2, 0.25) is 5.02 Å². The monoisotopic (exact) mass is 421 g/mol. The number of halogens is 1. The number of fused-ring (bicyclic) bond motifs is 1. The van der Waals surface area contributed by atoms with E-state index in [2.05, 4.69) is 0 Å². The van der Waals surface area contributed by atoms with E-state index in [0.29, 0.717) is 15.2 Å². The van der Waals surface area contributed by atoms with Crippen molar-refractivity contribution in [1.29, 1.82) is 0 Å². The number of rotatable bonds is 4. The summed E-state index contributed by atoms with van der Waals surface area (Å²) in [6.45, 7) is 0. The summed E-state index contributed by atoms with van der Waals surface area (Å²) in [4.78, 5) is 24.6. The Bertz CT molecular complexity index is 1300. The Morgan fingerprint density at radius 2 is 1.90 bits per heavy atom. The van der Waals surface area contributed by atoms with Crippen molar-refractivity contribution in [3.63, 3.8) is 0 Å². The Morgan fingerprint density at radius 3 is 2.72 bits per heavy atom. The van der Waals surface area contributed by atoms with Crippen molar-refractivity contribution >= 4 is 45.1 Å². The minimum absolute atomic E-state index is 0.334. The van der Waals surface area contributed by atoms with Gasteiger partial charge in [0.1, 0.15) is 5.75 Å². The average Bonchev–Trinajstić information content (AvgIpc) is 3.07. The standard InChI is InChI=1S/C23H16ClNO3S/c1-28-20-8-3-2-7-18(20)16-6-4-5-15(13-16)9-12-22(26)25-19-11-10-17(24)14-21(19)29-23(25)27/h2-14H,1H3/b12-9+. The summed E-state index contributed by atoms with van der Waals surface area (Å²) >= 11 is 6.98. The van der Waals surface area contributed by atoms with Gasteiger partial charge in [0.25, 0.3) is 5.91 Å². The van der Waals surface area contributed by atoms with Gasteiger partial charge in [-0.15, -0.1) is 0 Å². The van der Waals surface area contributed by atoms with Crippen molar-refractivity contribution in [2.45, 2.75) is 0 Å². The molecule has 0 bridgehead atoms. The molecule has 4 rings (SSSR count). The molecule has 0 saturated heterocycles. The van der Waals surface area contributed by atoms with E-state index in [4.69, 9.17) is 16.3 Å². The lowest BCUT2D eigenvalue weighted by atomic mass is 10.0. The Hall–Kier alpha value is -3.15. The second-order valence-electron chi connectivity index (χ2n) is 6.31. The van der Waals surface area contributed by atoms with E-state index in [-0.39, 0.29) is 4.87 Å². The van der Waals surface area contributed by atoms with Crippen molar-refractivity contribution < 1.29 is 9.53 Å². The number of allylic oxidation sites excluding steroid dienone is 1. The molecule has 0 atom stereocenters. The predicted molar refractivity (Wildman–Crippen MR) is 119 cm³/mol. The predicted octanol–water partition coefficient (Wildman–Crippen LogP) is 5.75. The molecule has 0 fully saturated rings. The van der Waals surface area contributed by atoms with Crippen LogP contribution in [0.4, 0.5) is 0 Å². The Balaban J connectivity index is 1.66. The van der Waals surface area contributed by atoms with E-state index in [0.717, 1.165) is 38.3 Å². The third-order valence-electron chi connectivity index (χ3n) is 4.49. The van der Waals surface area contributed by atoms with Gasteiger partial charge in [0, 0.05) is 16.7 Å². The molecule has 0 aliphatic rings. The lowest BCUT2D eigenvalue weighted by molar-refractivity contribution is 0.0972. The summed E-state index contributed by atoms with van der Waals surface area (Å²) in [5.41, 5.74) is 3.34. The quantitative estimate of drug-likeness (QED) is 0.394. The van der Waals surface area contributed by atoms with Gasteiger partial charge in [-0.05, 0) is 47.5 Å². The zero-order chi connectivity index (χ0) is 20.4. The first kappa shape index (κ1) is 19.2. The first-order chi connectivity index (χ1) is 14.1. The van der Waals surface area contributed by atoms with Crippen molar-refractivity contribution in [2.24, 2.45) is 0 Å². The molecule has 3 aromatic carbocycles. The van der Waals surface area contributed by atoms with Gasteiger partial charge >= 0.3 is 4.87 Å². The minimum atomic E-state index is -0.397. The highest BCUT2D eigenvalue weighted by Gasteiger charge is 2.12. The summed E-state index contributed by atoms with van der Waals surface area (Å²) in [5.74, 6) is 0.380. The normalized spacial score (nSPS) is 11.2. The van der Waals surface area contributed by atoms with Gasteiger partial charge < -0.3 is 4.74 Å². The summed E-state index contributed by atoms with van der Waals surface area (Å²) in [6.07, 6.45) is 3.11. The number of hydrogen-bond acceptors (Lipinski definition) is 4. The first-order valence-electron chi connectivity index (χ1n) is 8.84. The number of benzene rings is 3. The second-order valence-corrected chi connectivity index (χ2v) is 7.74. The van der Waals surface area contributed by atoms with Gasteiger partial charge in [-0.25, -0.2) is 4.57 Å². The number of methoxy groups -OCH3 is 1. The van der Waals surface area contributed by atoms with E-state index < -0.39 is 5.91 Å². The Kier molecular flexibility index (Phi) is 5.34. The molecule has 0 aliphatic heterocycles. The summed E-state index contributed by atoms with van der Waals surface area (Å²) < 4.78 is 7.28. The molecule has 0 amide bonds. The van der Waals surface area contributed by atoms with Gasteiger partial charge in [0.05, 0.1) is 17.3 Å². The van der Waals surface area contributed by atoms with Gasteiger partial charge in [-0.1, -0.05) is 59.3 Å². The molecule has 4 aromatic rings. The smallest absolute Gasteiger partial charge is 0.315 e. The molecule has 0 N–H and O–H groups in total. The van der Waals surface area contributed by atoms with Crippen LogP contribution in [0.25, 0.3) is 27.4 Å². The number of carbonyl (C=O) groups excluding carboxylic acids is 1. The highest BCUT2D eigenvalue weighted by Crippen LogP contribution is 2.30. The topological polar surface area (TPSA) is 48.3 Å². The summed E-state index contributed by atoms with van der Waals surface area (Å²) in [6, 6.07) is 20.6. The van der Waals surface area contributed by atoms with Crippen molar-refractivity contribution in [3.8, 4) is 16.9 Å². The first-order valence-corrected chi connectivity index (χ1v) is 10.0. The van der Waals surface area contributed by atoms with Crippen LogP contribution < -0.4 is 9.61 Å². The van der Waals surface area contributed by atoms with Crippen LogP contribution >= 0.6 is 22.9 Å². The van der Waals surface area contributed by atoms with Gasteiger partial charge in [0.2, 0.25) is 0 Å². The third-order valence-corrected chi connectivity index (χ3v) is 5.63. The van der Waals surface area contributed by atoms with E-state index in [1.54, 1.807) is 31.4 Å². The fourth-order valence-corrected chi connectivity index (χ4v) is 4.29.